The van der Waals surface area contributed by atoms with E-state index in [1.165, 1.54) is 0 Å². The molecule has 0 amide bonds. The lowest BCUT2D eigenvalue weighted by molar-refractivity contribution is -0.134. The van der Waals surface area contributed by atoms with E-state index in [1.54, 1.807) is 7.11 Å². The molecule has 7 heteroatoms. The van der Waals surface area contributed by atoms with Crippen LogP contribution in [0.5, 0.6) is 5.75 Å². The summed E-state index contributed by atoms with van der Waals surface area (Å²) >= 11 is 0. The van der Waals surface area contributed by atoms with E-state index in [0.29, 0.717) is 18.6 Å². The van der Waals surface area contributed by atoms with E-state index in [-0.39, 0.29) is 0 Å². The number of hydrogen-bond donors (Lipinski definition) is 2. The summed E-state index contributed by atoms with van der Waals surface area (Å²) in [7, 11) is 5.72. The highest BCUT2D eigenvalue weighted by molar-refractivity contribution is 5.89. The Morgan fingerprint density at radius 1 is 1.03 bits per heavy atom. The molecular formula is C24H28N2O5. The van der Waals surface area contributed by atoms with Crippen LogP contribution in [0.1, 0.15) is 23.1 Å². The number of aryl methyl sites for hydroxylation is 1. The first-order chi connectivity index (χ1) is 14.7. The second-order valence-corrected chi connectivity index (χ2v) is 7.10. The Kier molecular flexibility index (Phi) is 9.96. The topological polar surface area (TPSA) is 111 Å². The van der Waals surface area contributed by atoms with Gasteiger partial charge in [0.2, 0.25) is 0 Å². The van der Waals surface area contributed by atoms with Crippen LogP contribution in [0.3, 0.4) is 0 Å². The SMILES string of the molecule is COc1ccccc1C(C#N)(CCN(C)C)c1ccccc1C.O=C(O)/C=C\C(=O)O. The summed E-state index contributed by atoms with van der Waals surface area (Å²) < 4.78 is 5.56. The van der Waals surface area contributed by atoms with Gasteiger partial charge in [0.15, 0.2) is 0 Å². The van der Waals surface area contributed by atoms with E-state index in [4.69, 9.17) is 14.9 Å². The molecule has 2 N–H and O–H groups in total. The molecule has 0 aliphatic rings. The molecule has 0 aliphatic carbocycles. The fraction of sp³-hybridized carbons (Fsp3) is 0.292. The summed E-state index contributed by atoms with van der Waals surface area (Å²) in [5.41, 5.74) is 2.39. The standard InChI is InChI=1S/C20H24N2O.C4H4O4/c1-16-9-5-6-10-17(16)20(15-21,13-14-22(2)3)18-11-7-8-12-19(18)23-4;5-3(6)1-2-4(7)8/h5-12H,13-14H2,1-4H3;1-2H,(H,5,6)(H,7,8)/b;2-1-. The highest BCUT2D eigenvalue weighted by Crippen LogP contribution is 2.41. The van der Waals surface area contributed by atoms with E-state index in [0.717, 1.165) is 29.0 Å². The van der Waals surface area contributed by atoms with Crippen molar-refractivity contribution in [3.8, 4) is 11.8 Å². The van der Waals surface area contributed by atoms with Gasteiger partial charge in [-0.2, -0.15) is 5.26 Å². The van der Waals surface area contributed by atoms with Gasteiger partial charge in [-0.25, -0.2) is 9.59 Å². The van der Waals surface area contributed by atoms with Crippen LogP contribution in [0, 0.1) is 18.3 Å². The molecule has 1 atom stereocenters. The minimum atomic E-state index is -1.26. The molecule has 0 bridgehead atoms. The molecule has 0 saturated carbocycles. The molecule has 7 nitrogen and oxygen atoms in total. The van der Waals surface area contributed by atoms with Crippen molar-refractivity contribution in [2.24, 2.45) is 0 Å². The van der Waals surface area contributed by atoms with Gasteiger partial charge in [0.1, 0.15) is 11.2 Å². The predicted octanol–water partition coefficient (Wildman–Crippen LogP) is 3.48. The molecule has 31 heavy (non-hydrogen) atoms. The van der Waals surface area contributed by atoms with Gasteiger partial charge in [0.05, 0.1) is 13.2 Å². The number of methoxy groups -OCH3 is 1. The molecule has 164 valence electrons. The minimum absolute atomic E-state index is 0.558. The van der Waals surface area contributed by atoms with Crippen molar-refractivity contribution >= 4 is 11.9 Å². The summed E-state index contributed by atoms with van der Waals surface area (Å²) in [5, 5.41) is 25.8. The van der Waals surface area contributed by atoms with Gasteiger partial charge >= 0.3 is 11.9 Å². The average Bonchev–Trinajstić information content (AvgIpc) is 2.74. The molecule has 0 spiro atoms. The number of carboxylic acid groups (broad SMARTS) is 2. The Bertz CT molecular complexity index is 946. The van der Waals surface area contributed by atoms with E-state index in [9.17, 15) is 14.9 Å². The zero-order valence-electron chi connectivity index (χ0n) is 18.2. The van der Waals surface area contributed by atoms with E-state index >= 15 is 0 Å². The number of nitrogens with zero attached hydrogens (tertiary/aromatic N) is 2. The van der Waals surface area contributed by atoms with Crippen LogP contribution in [-0.4, -0.2) is 54.8 Å². The number of hydrogen-bond acceptors (Lipinski definition) is 5. The van der Waals surface area contributed by atoms with Crippen molar-refractivity contribution < 1.29 is 24.5 Å². The summed E-state index contributed by atoms with van der Waals surface area (Å²) in [6, 6.07) is 18.6. The number of nitriles is 1. The van der Waals surface area contributed by atoms with Crippen molar-refractivity contribution in [1.82, 2.24) is 4.90 Å². The quantitative estimate of drug-likeness (QED) is 0.624. The number of rotatable bonds is 8. The van der Waals surface area contributed by atoms with E-state index < -0.39 is 17.4 Å². The van der Waals surface area contributed by atoms with E-state index in [1.807, 2.05) is 50.5 Å². The predicted molar refractivity (Wildman–Crippen MR) is 118 cm³/mol. The highest BCUT2D eigenvalue weighted by Gasteiger charge is 2.37. The molecule has 0 aliphatic heterocycles. The summed E-state index contributed by atoms with van der Waals surface area (Å²) in [4.78, 5) is 21.2. The zero-order valence-corrected chi connectivity index (χ0v) is 18.2. The Morgan fingerprint density at radius 3 is 2.00 bits per heavy atom. The van der Waals surface area contributed by atoms with Crippen molar-refractivity contribution in [2.45, 2.75) is 18.8 Å². The van der Waals surface area contributed by atoms with Crippen LogP contribution in [0.4, 0.5) is 0 Å². The molecule has 0 radical (unpaired) electrons. The summed E-state index contributed by atoms with van der Waals surface area (Å²) in [6.07, 6.45) is 1.83. The first-order valence-electron chi connectivity index (χ1n) is 9.57. The van der Waals surface area contributed by atoms with Crippen LogP contribution in [0.15, 0.2) is 60.7 Å². The monoisotopic (exact) mass is 424 g/mol. The molecule has 2 rings (SSSR count). The van der Waals surface area contributed by atoms with Gasteiger partial charge in [0.25, 0.3) is 0 Å². The van der Waals surface area contributed by atoms with Gasteiger partial charge in [-0.3, -0.25) is 0 Å². The maximum atomic E-state index is 10.2. The lowest BCUT2D eigenvalue weighted by Crippen LogP contribution is -2.32. The Hall–Kier alpha value is -3.63. The molecule has 0 aromatic heterocycles. The highest BCUT2D eigenvalue weighted by atomic mass is 16.5. The first-order valence-corrected chi connectivity index (χ1v) is 9.57. The third kappa shape index (κ3) is 7.28. The summed E-state index contributed by atoms with van der Waals surface area (Å²) in [6.45, 7) is 2.88. The van der Waals surface area contributed by atoms with Crippen LogP contribution >= 0.6 is 0 Å². The molecule has 2 aromatic rings. The molecular weight excluding hydrogens is 396 g/mol. The fourth-order valence-electron chi connectivity index (χ4n) is 3.17. The second kappa shape index (κ2) is 12.2. The largest absolute Gasteiger partial charge is 0.496 e. The molecule has 1 unspecified atom stereocenters. The van der Waals surface area contributed by atoms with Crippen molar-refractivity contribution in [2.75, 3.05) is 27.7 Å². The Morgan fingerprint density at radius 2 is 1.55 bits per heavy atom. The number of ether oxygens (including phenoxy) is 1. The maximum Gasteiger partial charge on any atom is 0.328 e. The molecule has 0 heterocycles. The third-order valence-corrected chi connectivity index (χ3v) is 4.66. The molecule has 0 saturated heterocycles. The minimum Gasteiger partial charge on any atom is -0.496 e. The van der Waals surface area contributed by atoms with Gasteiger partial charge in [-0.05, 0) is 51.2 Å². The van der Waals surface area contributed by atoms with Crippen LogP contribution < -0.4 is 4.74 Å². The number of carboxylic acids is 2. The van der Waals surface area contributed by atoms with Gasteiger partial charge in [-0.1, -0.05) is 42.5 Å². The molecule has 0 fully saturated rings. The Balaban J connectivity index is 0.000000512. The first kappa shape index (κ1) is 25.4. The number of carbonyl (C=O) groups is 2. The summed E-state index contributed by atoms with van der Waals surface area (Å²) in [5.74, 6) is -1.75. The lowest BCUT2D eigenvalue weighted by Gasteiger charge is -2.31. The number of benzene rings is 2. The smallest absolute Gasteiger partial charge is 0.328 e. The lowest BCUT2D eigenvalue weighted by atomic mass is 9.71. The van der Waals surface area contributed by atoms with Crippen LogP contribution in [-0.2, 0) is 15.0 Å². The van der Waals surface area contributed by atoms with Crippen LogP contribution in [0.25, 0.3) is 0 Å². The third-order valence-electron chi connectivity index (χ3n) is 4.66. The number of para-hydroxylation sites is 1. The maximum absolute atomic E-state index is 10.2. The Labute approximate surface area is 182 Å². The zero-order chi connectivity index (χ0) is 23.4. The van der Waals surface area contributed by atoms with E-state index in [2.05, 4.69) is 30.0 Å². The molecule has 2 aromatic carbocycles. The average molecular weight is 424 g/mol. The van der Waals surface area contributed by atoms with Crippen molar-refractivity contribution in [3.63, 3.8) is 0 Å². The number of aliphatic carboxylic acids is 2. The van der Waals surface area contributed by atoms with Gasteiger partial charge in [-0.15, -0.1) is 0 Å². The van der Waals surface area contributed by atoms with Crippen molar-refractivity contribution in [3.05, 3.63) is 77.4 Å². The second-order valence-electron chi connectivity index (χ2n) is 7.10. The van der Waals surface area contributed by atoms with Crippen molar-refractivity contribution in [1.29, 1.82) is 5.26 Å². The normalized spacial score (nSPS) is 12.4. The van der Waals surface area contributed by atoms with Gasteiger partial charge in [0, 0.05) is 17.7 Å². The fourth-order valence-corrected chi connectivity index (χ4v) is 3.17. The van der Waals surface area contributed by atoms with Crippen LogP contribution in [0.2, 0.25) is 0 Å². The van der Waals surface area contributed by atoms with Gasteiger partial charge < -0.3 is 19.8 Å².